The molecule has 112 valence electrons. The molecule has 1 aliphatic heterocycles. The summed E-state index contributed by atoms with van der Waals surface area (Å²) < 4.78 is 18.1. The number of nitrogens with zero attached hydrogens (tertiary/aromatic N) is 2. The molecular formula is C14H15FN2O4. The van der Waals surface area contributed by atoms with Crippen LogP contribution >= 0.6 is 0 Å². The molecule has 1 aliphatic rings. The van der Waals surface area contributed by atoms with Crippen molar-refractivity contribution in [3.8, 4) is 5.75 Å². The van der Waals surface area contributed by atoms with Crippen molar-refractivity contribution < 1.29 is 23.6 Å². The van der Waals surface area contributed by atoms with E-state index in [1.165, 1.54) is 31.5 Å². The molecule has 0 fully saturated rings. The summed E-state index contributed by atoms with van der Waals surface area (Å²) in [7, 11) is 1.36. The van der Waals surface area contributed by atoms with Gasteiger partial charge in [0.25, 0.3) is 0 Å². The van der Waals surface area contributed by atoms with Crippen LogP contribution in [0.4, 0.5) is 4.39 Å². The van der Waals surface area contributed by atoms with Crippen molar-refractivity contribution in [2.24, 2.45) is 10.3 Å². The van der Waals surface area contributed by atoms with Crippen LogP contribution in [0.3, 0.4) is 0 Å². The molecule has 1 aromatic rings. The maximum Gasteiger partial charge on any atom is 0.381 e. The molecule has 7 heteroatoms. The molecule has 1 heterocycles. The zero-order chi connectivity index (χ0) is 15.5. The SMILES string of the molecule is COc1cc(/C=N/OC(=O)C2(C)CC(C)=NO2)ccc1F. The molecule has 2 rings (SSSR count). The number of benzene rings is 1. The quantitative estimate of drug-likeness (QED) is 0.485. The third-order valence-corrected chi connectivity index (χ3v) is 2.94. The fraction of sp³-hybridized carbons (Fsp3) is 0.357. The first-order chi connectivity index (χ1) is 9.94. The Morgan fingerprint density at radius 3 is 2.95 bits per heavy atom. The van der Waals surface area contributed by atoms with Crippen LogP contribution in [-0.2, 0) is 14.5 Å². The van der Waals surface area contributed by atoms with Crippen molar-refractivity contribution in [3.05, 3.63) is 29.6 Å². The van der Waals surface area contributed by atoms with E-state index in [0.29, 0.717) is 17.7 Å². The summed E-state index contributed by atoms with van der Waals surface area (Å²) in [6, 6.07) is 4.16. The lowest BCUT2D eigenvalue weighted by Crippen LogP contribution is -2.36. The summed E-state index contributed by atoms with van der Waals surface area (Å²) in [5, 5.41) is 7.29. The first-order valence-corrected chi connectivity index (χ1v) is 6.24. The first-order valence-electron chi connectivity index (χ1n) is 6.24. The summed E-state index contributed by atoms with van der Waals surface area (Å²) >= 11 is 0. The minimum Gasteiger partial charge on any atom is -0.494 e. The molecule has 0 radical (unpaired) electrons. The van der Waals surface area contributed by atoms with Gasteiger partial charge in [0.15, 0.2) is 11.6 Å². The molecule has 0 N–H and O–H groups in total. The average Bonchev–Trinajstić information content (AvgIpc) is 2.81. The van der Waals surface area contributed by atoms with E-state index >= 15 is 0 Å². The molecule has 1 atom stereocenters. The number of hydrogen-bond donors (Lipinski definition) is 0. The van der Waals surface area contributed by atoms with Crippen LogP contribution in [0.5, 0.6) is 5.75 Å². The minimum atomic E-state index is -1.15. The number of rotatable bonds is 4. The maximum atomic E-state index is 13.2. The summed E-state index contributed by atoms with van der Waals surface area (Å²) in [5.74, 6) is -1.04. The van der Waals surface area contributed by atoms with Crippen LogP contribution < -0.4 is 4.74 Å². The zero-order valence-corrected chi connectivity index (χ0v) is 11.9. The molecular weight excluding hydrogens is 279 g/mol. The van der Waals surface area contributed by atoms with Gasteiger partial charge >= 0.3 is 5.97 Å². The minimum absolute atomic E-state index is 0.0837. The highest BCUT2D eigenvalue weighted by Gasteiger charge is 2.42. The number of oxime groups is 2. The van der Waals surface area contributed by atoms with Crippen LogP contribution in [0.1, 0.15) is 25.8 Å². The smallest absolute Gasteiger partial charge is 0.381 e. The fourth-order valence-corrected chi connectivity index (χ4v) is 1.83. The number of methoxy groups -OCH3 is 1. The van der Waals surface area contributed by atoms with Crippen LogP contribution in [0, 0.1) is 5.82 Å². The third kappa shape index (κ3) is 3.36. The van der Waals surface area contributed by atoms with Gasteiger partial charge < -0.3 is 14.4 Å². The Labute approximate surface area is 121 Å². The summed E-state index contributed by atoms with van der Waals surface area (Å²) in [6.07, 6.45) is 1.64. The summed E-state index contributed by atoms with van der Waals surface area (Å²) in [5.41, 5.74) is 0.0923. The Bertz CT molecular complexity index is 615. The molecule has 0 amide bonds. The van der Waals surface area contributed by atoms with Crippen molar-refractivity contribution in [1.82, 2.24) is 0 Å². The monoisotopic (exact) mass is 294 g/mol. The Balaban J connectivity index is 1.98. The standard InChI is InChI=1S/C14H15FN2O4/c1-9-7-14(2,21-17-9)13(18)20-16-8-10-4-5-11(15)12(6-10)19-3/h4-6,8H,7H2,1-3H3/b16-8+. The first kappa shape index (κ1) is 15.0. The van der Waals surface area contributed by atoms with Crippen molar-refractivity contribution in [2.75, 3.05) is 7.11 Å². The number of ether oxygens (including phenoxy) is 1. The Morgan fingerprint density at radius 2 is 2.33 bits per heavy atom. The van der Waals surface area contributed by atoms with Crippen LogP contribution in [0.2, 0.25) is 0 Å². The highest BCUT2D eigenvalue weighted by Crippen LogP contribution is 2.25. The van der Waals surface area contributed by atoms with Crippen LogP contribution in [0.25, 0.3) is 0 Å². The third-order valence-electron chi connectivity index (χ3n) is 2.94. The van der Waals surface area contributed by atoms with E-state index in [9.17, 15) is 9.18 Å². The molecule has 0 spiro atoms. The van der Waals surface area contributed by atoms with Crippen molar-refractivity contribution in [1.29, 1.82) is 0 Å². The molecule has 0 aromatic heterocycles. The normalized spacial score (nSPS) is 21.0. The molecule has 21 heavy (non-hydrogen) atoms. The lowest BCUT2D eigenvalue weighted by molar-refractivity contribution is -0.167. The Hall–Kier alpha value is -2.44. The predicted molar refractivity (Wildman–Crippen MR) is 73.9 cm³/mol. The zero-order valence-electron chi connectivity index (χ0n) is 11.9. The topological polar surface area (TPSA) is 69.5 Å². The molecule has 1 unspecified atom stereocenters. The number of halogens is 1. The number of carbonyl (C=O) groups excluding carboxylic acids is 1. The van der Waals surface area contributed by atoms with Crippen molar-refractivity contribution in [2.45, 2.75) is 25.9 Å². The van der Waals surface area contributed by atoms with Gasteiger partial charge in [-0.2, -0.15) is 0 Å². The van der Waals surface area contributed by atoms with Gasteiger partial charge in [0.05, 0.1) is 19.0 Å². The van der Waals surface area contributed by atoms with Gasteiger partial charge in [-0.05, 0) is 31.5 Å². The maximum absolute atomic E-state index is 13.2. The van der Waals surface area contributed by atoms with Gasteiger partial charge in [0.1, 0.15) is 0 Å². The van der Waals surface area contributed by atoms with Gasteiger partial charge in [0.2, 0.25) is 5.60 Å². The number of hydrogen-bond acceptors (Lipinski definition) is 6. The molecule has 1 aromatic carbocycles. The van der Waals surface area contributed by atoms with E-state index in [0.717, 1.165) is 0 Å². The summed E-state index contributed by atoms with van der Waals surface area (Å²) in [4.78, 5) is 21.7. The van der Waals surface area contributed by atoms with Gasteiger partial charge in [-0.1, -0.05) is 16.4 Å². The molecule has 6 nitrogen and oxygen atoms in total. The van der Waals surface area contributed by atoms with Gasteiger partial charge in [0, 0.05) is 6.42 Å². The van der Waals surface area contributed by atoms with Crippen molar-refractivity contribution >= 4 is 17.9 Å². The van der Waals surface area contributed by atoms with E-state index in [1.54, 1.807) is 13.8 Å². The van der Waals surface area contributed by atoms with Gasteiger partial charge in [-0.3, -0.25) is 0 Å². The number of carbonyl (C=O) groups is 1. The van der Waals surface area contributed by atoms with E-state index < -0.39 is 17.4 Å². The van der Waals surface area contributed by atoms with Crippen LogP contribution in [-0.4, -0.2) is 30.6 Å². The lowest BCUT2D eigenvalue weighted by Gasteiger charge is -2.16. The molecule has 0 bridgehead atoms. The van der Waals surface area contributed by atoms with E-state index in [4.69, 9.17) is 14.4 Å². The highest BCUT2D eigenvalue weighted by molar-refractivity contribution is 5.92. The fourth-order valence-electron chi connectivity index (χ4n) is 1.83. The van der Waals surface area contributed by atoms with E-state index in [-0.39, 0.29) is 5.75 Å². The Morgan fingerprint density at radius 1 is 1.57 bits per heavy atom. The second-order valence-corrected chi connectivity index (χ2v) is 4.83. The second kappa shape index (κ2) is 5.90. The summed E-state index contributed by atoms with van der Waals surface area (Å²) in [6.45, 7) is 3.33. The van der Waals surface area contributed by atoms with Gasteiger partial charge in [-0.25, -0.2) is 9.18 Å². The van der Waals surface area contributed by atoms with E-state index in [1.807, 2.05) is 0 Å². The highest BCUT2D eigenvalue weighted by atomic mass is 19.1. The molecule has 0 aliphatic carbocycles. The average molecular weight is 294 g/mol. The van der Waals surface area contributed by atoms with Crippen molar-refractivity contribution in [3.63, 3.8) is 0 Å². The second-order valence-electron chi connectivity index (χ2n) is 4.83. The Kier molecular flexibility index (Phi) is 4.21. The lowest BCUT2D eigenvalue weighted by atomic mass is 10.0. The predicted octanol–water partition coefficient (Wildman–Crippen LogP) is 2.27. The van der Waals surface area contributed by atoms with E-state index in [2.05, 4.69) is 10.3 Å². The molecule has 0 saturated carbocycles. The largest absolute Gasteiger partial charge is 0.494 e. The van der Waals surface area contributed by atoms with Crippen LogP contribution in [0.15, 0.2) is 28.5 Å². The van der Waals surface area contributed by atoms with Gasteiger partial charge in [-0.15, -0.1) is 0 Å². The molecule has 0 saturated heterocycles.